The standard InChI is InChI=1S/C15H14O5/c1-18-8-4-2-7(3-5-8)13(16)11-10-9-6-19-15(20-9)14(17)12(10)11/h2-5,9-12,15H,6H2,1H3/t9-,10+,11?,12+,15-/m1/s1. The van der Waals surface area contributed by atoms with Crippen molar-refractivity contribution >= 4 is 11.6 Å². The van der Waals surface area contributed by atoms with Crippen LogP contribution in [0.5, 0.6) is 5.75 Å². The maximum atomic E-state index is 12.5. The first-order valence-electron chi connectivity index (χ1n) is 6.70. The Balaban J connectivity index is 1.57. The Morgan fingerprint density at radius 1 is 1.30 bits per heavy atom. The van der Waals surface area contributed by atoms with Crippen LogP contribution in [-0.2, 0) is 14.3 Å². The van der Waals surface area contributed by atoms with E-state index >= 15 is 0 Å². The number of rotatable bonds is 3. The van der Waals surface area contributed by atoms with E-state index in [4.69, 9.17) is 14.2 Å². The van der Waals surface area contributed by atoms with E-state index in [1.54, 1.807) is 31.4 Å². The van der Waals surface area contributed by atoms with Gasteiger partial charge in [0.2, 0.25) is 6.29 Å². The maximum absolute atomic E-state index is 12.5. The van der Waals surface area contributed by atoms with Gasteiger partial charge in [-0.15, -0.1) is 0 Å². The molecule has 1 saturated carbocycles. The number of fused-ring (bicyclic) bond motifs is 4. The third-order valence-corrected chi connectivity index (χ3v) is 4.45. The smallest absolute Gasteiger partial charge is 0.218 e. The fourth-order valence-electron chi connectivity index (χ4n) is 3.38. The Morgan fingerprint density at radius 3 is 2.75 bits per heavy atom. The zero-order chi connectivity index (χ0) is 13.9. The fourth-order valence-corrected chi connectivity index (χ4v) is 3.38. The molecule has 1 aromatic rings. The molecule has 2 aliphatic heterocycles. The lowest BCUT2D eigenvalue weighted by Crippen LogP contribution is -2.30. The van der Waals surface area contributed by atoms with Gasteiger partial charge >= 0.3 is 0 Å². The molecule has 0 N–H and O–H groups in total. The molecule has 3 aliphatic rings. The molecule has 20 heavy (non-hydrogen) atoms. The molecule has 3 fully saturated rings. The highest BCUT2D eigenvalue weighted by atomic mass is 16.7. The van der Waals surface area contributed by atoms with Crippen molar-refractivity contribution in [1.82, 2.24) is 0 Å². The predicted octanol–water partition coefficient (Wildman–Crippen LogP) is 1.06. The van der Waals surface area contributed by atoms with Crippen molar-refractivity contribution in [3.05, 3.63) is 29.8 Å². The van der Waals surface area contributed by atoms with Gasteiger partial charge < -0.3 is 14.2 Å². The van der Waals surface area contributed by atoms with Crippen LogP contribution in [0.2, 0.25) is 0 Å². The summed E-state index contributed by atoms with van der Waals surface area (Å²) in [7, 11) is 1.58. The summed E-state index contributed by atoms with van der Waals surface area (Å²) in [6, 6.07) is 7.00. The summed E-state index contributed by atoms with van der Waals surface area (Å²) in [5, 5.41) is 0. The minimum atomic E-state index is -0.741. The van der Waals surface area contributed by atoms with Gasteiger partial charge in [-0.2, -0.15) is 0 Å². The van der Waals surface area contributed by atoms with Crippen molar-refractivity contribution in [3.8, 4) is 5.75 Å². The van der Waals surface area contributed by atoms with E-state index in [1.165, 1.54) is 0 Å². The zero-order valence-electron chi connectivity index (χ0n) is 10.9. The van der Waals surface area contributed by atoms with Gasteiger partial charge in [0, 0.05) is 23.3 Å². The van der Waals surface area contributed by atoms with Crippen LogP contribution in [0, 0.1) is 17.8 Å². The fraction of sp³-hybridized carbons (Fsp3) is 0.467. The highest BCUT2D eigenvalue weighted by molar-refractivity contribution is 6.05. The van der Waals surface area contributed by atoms with Gasteiger partial charge in [0.05, 0.1) is 19.8 Å². The van der Waals surface area contributed by atoms with Crippen molar-refractivity contribution in [2.45, 2.75) is 12.4 Å². The lowest BCUT2D eigenvalue weighted by atomic mass is 10.0. The topological polar surface area (TPSA) is 61.8 Å². The Hall–Kier alpha value is -1.72. The van der Waals surface area contributed by atoms with E-state index in [0.717, 1.165) is 0 Å². The first-order valence-corrected chi connectivity index (χ1v) is 6.70. The van der Waals surface area contributed by atoms with Crippen LogP contribution in [-0.4, -0.2) is 37.7 Å². The third kappa shape index (κ3) is 1.57. The Morgan fingerprint density at radius 2 is 2.05 bits per heavy atom. The number of carbonyl (C=O) groups excluding carboxylic acids is 2. The Labute approximate surface area is 115 Å². The second-order valence-electron chi connectivity index (χ2n) is 5.46. The van der Waals surface area contributed by atoms with Crippen LogP contribution >= 0.6 is 0 Å². The largest absolute Gasteiger partial charge is 0.497 e. The molecule has 5 atom stereocenters. The van der Waals surface area contributed by atoms with Crippen molar-refractivity contribution in [2.75, 3.05) is 13.7 Å². The van der Waals surface area contributed by atoms with E-state index in [-0.39, 0.29) is 35.4 Å². The van der Waals surface area contributed by atoms with E-state index in [2.05, 4.69) is 0 Å². The van der Waals surface area contributed by atoms with E-state index in [1.807, 2.05) is 0 Å². The lowest BCUT2D eigenvalue weighted by Gasteiger charge is -2.14. The minimum absolute atomic E-state index is 0.00384. The molecule has 0 amide bonds. The molecule has 2 bridgehead atoms. The number of hydrogen-bond donors (Lipinski definition) is 0. The van der Waals surface area contributed by atoms with Crippen molar-refractivity contribution in [2.24, 2.45) is 17.8 Å². The van der Waals surface area contributed by atoms with Gasteiger partial charge in [-0.05, 0) is 24.3 Å². The highest BCUT2D eigenvalue weighted by Gasteiger charge is 2.68. The summed E-state index contributed by atoms with van der Waals surface area (Å²) in [6.07, 6.45) is -0.843. The van der Waals surface area contributed by atoms with Crippen LogP contribution in [0.25, 0.3) is 0 Å². The maximum Gasteiger partial charge on any atom is 0.218 e. The molecule has 1 unspecified atom stereocenters. The van der Waals surface area contributed by atoms with Gasteiger partial charge in [-0.1, -0.05) is 0 Å². The molecular weight excluding hydrogens is 260 g/mol. The summed E-state index contributed by atoms with van der Waals surface area (Å²) in [5.41, 5.74) is 0.620. The molecule has 0 spiro atoms. The van der Waals surface area contributed by atoms with Crippen molar-refractivity contribution < 1.29 is 23.8 Å². The van der Waals surface area contributed by atoms with Gasteiger partial charge in [-0.3, -0.25) is 9.59 Å². The minimum Gasteiger partial charge on any atom is -0.497 e. The molecule has 5 nitrogen and oxygen atoms in total. The zero-order valence-corrected chi connectivity index (χ0v) is 10.9. The van der Waals surface area contributed by atoms with Gasteiger partial charge in [0.1, 0.15) is 5.75 Å². The van der Waals surface area contributed by atoms with Crippen molar-refractivity contribution in [3.63, 3.8) is 0 Å². The molecule has 2 saturated heterocycles. The van der Waals surface area contributed by atoms with Crippen LogP contribution in [0.3, 0.4) is 0 Å². The average molecular weight is 274 g/mol. The number of carbonyl (C=O) groups is 2. The number of hydrogen-bond acceptors (Lipinski definition) is 5. The second kappa shape index (κ2) is 4.14. The van der Waals surface area contributed by atoms with Crippen molar-refractivity contribution in [1.29, 1.82) is 0 Å². The summed E-state index contributed by atoms with van der Waals surface area (Å²) in [6.45, 7) is 0.421. The molecule has 1 aliphatic carbocycles. The molecule has 4 rings (SSSR count). The Kier molecular flexibility index (Phi) is 2.49. The average Bonchev–Trinajstić information content (AvgIpc) is 3.09. The second-order valence-corrected chi connectivity index (χ2v) is 5.46. The van der Waals surface area contributed by atoms with E-state index < -0.39 is 6.29 Å². The number of methoxy groups -OCH3 is 1. The van der Waals surface area contributed by atoms with E-state index in [9.17, 15) is 9.59 Å². The monoisotopic (exact) mass is 274 g/mol. The van der Waals surface area contributed by atoms with Crippen LogP contribution < -0.4 is 4.74 Å². The molecule has 5 heteroatoms. The van der Waals surface area contributed by atoms with Crippen LogP contribution in [0.1, 0.15) is 10.4 Å². The number of ketones is 2. The number of benzene rings is 1. The molecule has 0 aromatic heterocycles. The summed E-state index contributed by atoms with van der Waals surface area (Å²) >= 11 is 0. The third-order valence-electron chi connectivity index (χ3n) is 4.45. The number of Topliss-reactive ketones (excluding diaryl/α,β-unsaturated/α-hetero) is 2. The first-order chi connectivity index (χ1) is 9.70. The summed E-state index contributed by atoms with van der Waals surface area (Å²) < 4.78 is 15.8. The Bertz CT molecular complexity index is 578. The SMILES string of the molecule is COc1ccc(C(=O)C2[C@H]3[C@@H]2C(=O)[C@@H]2OC[C@H]3O2)cc1. The molecule has 2 heterocycles. The van der Waals surface area contributed by atoms with Crippen LogP contribution in [0.15, 0.2) is 24.3 Å². The quantitative estimate of drug-likeness (QED) is 0.771. The lowest BCUT2D eigenvalue weighted by molar-refractivity contribution is -0.153. The number of ether oxygens (including phenoxy) is 3. The highest BCUT2D eigenvalue weighted by Crippen LogP contribution is 2.57. The first kappa shape index (κ1) is 12.1. The molecule has 0 radical (unpaired) electrons. The van der Waals surface area contributed by atoms with E-state index in [0.29, 0.717) is 17.9 Å². The van der Waals surface area contributed by atoms with Gasteiger partial charge in [0.25, 0.3) is 0 Å². The summed E-state index contributed by atoms with van der Waals surface area (Å²) in [5.74, 6) is 0.200. The van der Waals surface area contributed by atoms with Crippen LogP contribution in [0.4, 0.5) is 0 Å². The predicted molar refractivity (Wildman–Crippen MR) is 67.4 cm³/mol. The molecule has 104 valence electrons. The van der Waals surface area contributed by atoms with Gasteiger partial charge in [-0.25, -0.2) is 0 Å². The molecule has 1 aromatic carbocycles. The molecular formula is C15H14O5. The van der Waals surface area contributed by atoms with Gasteiger partial charge in [0.15, 0.2) is 11.6 Å². The summed E-state index contributed by atoms with van der Waals surface area (Å²) in [4.78, 5) is 24.6. The normalized spacial score (nSPS) is 37.5.